The van der Waals surface area contributed by atoms with Gasteiger partial charge in [-0.05, 0) is 52.9 Å². The molecule has 0 saturated heterocycles. The Morgan fingerprint density at radius 1 is 1.00 bits per heavy atom. The molecular formula is C25H30N4O. The van der Waals surface area contributed by atoms with E-state index in [0.717, 1.165) is 38.5 Å². The average molecular weight is 403 g/mol. The Balaban J connectivity index is 1.44. The Kier molecular flexibility index (Phi) is 6.52. The first-order chi connectivity index (χ1) is 14.8. The van der Waals surface area contributed by atoms with Gasteiger partial charge in [0.2, 0.25) is 0 Å². The number of nitrogens with two attached hydrogens (primary N) is 1. The SMILES string of the molecule is COc1cccc(CCN2CNc3ccc(-c4ccc(CNCCN)cc4)cc32)c1. The zero-order valence-corrected chi connectivity index (χ0v) is 17.5. The molecule has 1 heterocycles. The van der Waals surface area contributed by atoms with E-state index in [1.807, 2.05) is 6.07 Å². The van der Waals surface area contributed by atoms with Crippen LogP contribution in [-0.4, -0.2) is 33.4 Å². The first-order valence-corrected chi connectivity index (χ1v) is 10.5. The quantitative estimate of drug-likeness (QED) is 0.475. The van der Waals surface area contributed by atoms with Crippen LogP contribution in [0, 0.1) is 0 Å². The number of nitrogens with one attached hydrogen (secondary N) is 2. The highest BCUT2D eigenvalue weighted by atomic mass is 16.5. The van der Waals surface area contributed by atoms with Crippen LogP contribution in [0.15, 0.2) is 66.7 Å². The summed E-state index contributed by atoms with van der Waals surface area (Å²) < 4.78 is 5.35. The Morgan fingerprint density at radius 2 is 1.83 bits per heavy atom. The fraction of sp³-hybridized carbons (Fsp3) is 0.280. The second-order valence-corrected chi connectivity index (χ2v) is 7.59. The van der Waals surface area contributed by atoms with Crippen LogP contribution in [0.4, 0.5) is 11.4 Å². The number of ether oxygens (including phenoxy) is 1. The van der Waals surface area contributed by atoms with E-state index in [4.69, 9.17) is 10.5 Å². The molecule has 0 fully saturated rings. The number of rotatable bonds is 9. The number of hydrogen-bond acceptors (Lipinski definition) is 5. The third-order valence-corrected chi connectivity index (χ3v) is 5.54. The molecule has 3 aromatic carbocycles. The molecule has 0 saturated carbocycles. The van der Waals surface area contributed by atoms with Crippen molar-refractivity contribution in [2.75, 3.05) is 43.6 Å². The molecule has 0 spiro atoms. The number of hydrogen-bond donors (Lipinski definition) is 3. The molecular weight excluding hydrogens is 372 g/mol. The van der Waals surface area contributed by atoms with Crippen molar-refractivity contribution in [3.63, 3.8) is 0 Å². The summed E-state index contributed by atoms with van der Waals surface area (Å²) in [5.74, 6) is 0.913. The Labute approximate surface area is 178 Å². The van der Waals surface area contributed by atoms with Crippen LogP contribution < -0.4 is 26.0 Å². The average Bonchev–Trinajstić information content (AvgIpc) is 3.21. The summed E-state index contributed by atoms with van der Waals surface area (Å²) in [5, 5.41) is 6.85. The van der Waals surface area contributed by atoms with Crippen molar-refractivity contribution in [1.29, 1.82) is 0 Å². The van der Waals surface area contributed by atoms with Gasteiger partial charge in [0.25, 0.3) is 0 Å². The third-order valence-electron chi connectivity index (χ3n) is 5.54. The van der Waals surface area contributed by atoms with Crippen LogP contribution >= 0.6 is 0 Å². The van der Waals surface area contributed by atoms with Gasteiger partial charge in [0.15, 0.2) is 0 Å². The molecule has 0 atom stereocenters. The topological polar surface area (TPSA) is 62.5 Å². The van der Waals surface area contributed by atoms with Crippen molar-refractivity contribution in [3.05, 3.63) is 77.9 Å². The number of nitrogens with zero attached hydrogens (tertiary/aromatic N) is 1. The van der Waals surface area contributed by atoms with E-state index in [-0.39, 0.29) is 0 Å². The summed E-state index contributed by atoms with van der Waals surface area (Å²) in [6.45, 7) is 4.15. The number of methoxy groups -OCH3 is 1. The van der Waals surface area contributed by atoms with Crippen molar-refractivity contribution in [3.8, 4) is 16.9 Å². The van der Waals surface area contributed by atoms with E-state index >= 15 is 0 Å². The Morgan fingerprint density at radius 3 is 2.63 bits per heavy atom. The second kappa shape index (κ2) is 9.65. The minimum absolute atomic E-state index is 0.662. The summed E-state index contributed by atoms with van der Waals surface area (Å²) in [5.41, 5.74) is 13.0. The van der Waals surface area contributed by atoms with Crippen LogP contribution in [0.1, 0.15) is 11.1 Å². The molecule has 4 rings (SSSR count). The Hall–Kier alpha value is -3.02. The minimum atomic E-state index is 0.662. The van der Waals surface area contributed by atoms with E-state index < -0.39 is 0 Å². The highest BCUT2D eigenvalue weighted by molar-refractivity contribution is 5.81. The summed E-state index contributed by atoms with van der Waals surface area (Å²) in [7, 11) is 1.71. The predicted octanol–water partition coefficient (Wildman–Crippen LogP) is 3.84. The predicted molar refractivity (Wildman–Crippen MR) is 125 cm³/mol. The summed E-state index contributed by atoms with van der Waals surface area (Å²) in [4.78, 5) is 2.41. The molecule has 0 unspecified atom stereocenters. The van der Waals surface area contributed by atoms with Crippen LogP contribution in [-0.2, 0) is 13.0 Å². The lowest BCUT2D eigenvalue weighted by molar-refractivity contribution is 0.414. The van der Waals surface area contributed by atoms with Gasteiger partial charge in [-0.3, -0.25) is 0 Å². The molecule has 30 heavy (non-hydrogen) atoms. The molecule has 0 bridgehead atoms. The molecule has 0 aliphatic carbocycles. The van der Waals surface area contributed by atoms with Crippen molar-refractivity contribution < 1.29 is 4.74 Å². The first-order valence-electron chi connectivity index (χ1n) is 10.5. The molecule has 5 heteroatoms. The normalized spacial score (nSPS) is 12.5. The zero-order valence-electron chi connectivity index (χ0n) is 17.5. The maximum atomic E-state index is 5.54. The van der Waals surface area contributed by atoms with Crippen LogP contribution in [0.5, 0.6) is 5.75 Å². The van der Waals surface area contributed by atoms with Crippen LogP contribution in [0.25, 0.3) is 11.1 Å². The fourth-order valence-corrected chi connectivity index (χ4v) is 3.83. The number of benzene rings is 3. The minimum Gasteiger partial charge on any atom is -0.497 e. The summed E-state index contributed by atoms with van der Waals surface area (Å²) in [6.07, 6.45) is 0.979. The molecule has 1 aliphatic heterocycles. The van der Waals surface area contributed by atoms with Crippen molar-refractivity contribution >= 4 is 11.4 Å². The van der Waals surface area contributed by atoms with E-state index in [2.05, 4.69) is 76.2 Å². The van der Waals surface area contributed by atoms with Gasteiger partial charge in [0.1, 0.15) is 5.75 Å². The van der Waals surface area contributed by atoms with E-state index in [1.54, 1.807) is 7.11 Å². The molecule has 0 radical (unpaired) electrons. The standard InChI is InChI=1S/C25H30N4O/c1-30-23-4-2-3-19(15-23)11-14-29-18-28-24-10-9-22(16-25(24)29)21-7-5-20(6-8-21)17-27-13-12-26/h2-10,15-16,27-28H,11-14,17-18,26H2,1H3. The van der Waals surface area contributed by atoms with Gasteiger partial charge in [0.05, 0.1) is 25.2 Å². The number of anilines is 2. The van der Waals surface area contributed by atoms with Gasteiger partial charge in [-0.15, -0.1) is 0 Å². The van der Waals surface area contributed by atoms with Gasteiger partial charge in [0, 0.05) is 26.2 Å². The fourth-order valence-electron chi connectivity index (χ4n) is 3.83. The maximum absolute atomic E-state index is 5.54. The highest BCUT2D eigenvalue weighted by Gasteiger charge is 2.19. The van der Waals surface area contributed by atoms with E-state index in [0.29, 0.717) is 6.54 Å². The summed E-state index contributed by atoms with van der Waals surface area (Å²) >= 11 is 0. The third kappa shape index (κ3) is 4.75. The molecule has 156 valence electrons. The van der Waals surface area contributed by atoms with Gasteiger partial charge >= 0.3 is 0 Å². The van der Waals surface area contributed by atoms with Gasteiger partial charge in [-0.2, -0.15) is 0 Å². The van der Waals surface area contributed by atoms with E-state index in [1.165, 1.54) is 33.6 Å². The summed E-state index contributed by atoms with van der Waals surface area (Å²) in [6, 6.07) is 23.8. The second-order valence-electron chi connectivity index (χ2n) is 7.59. The molecule has 3 aromatic rings. The molecule has 4 N–H and O–H groups in total. The maximum Gasteiger partial charge on any atom is 0.119 e. The monoisotopic (exact) mass is 402 g/mol. The molecule has 1 aliphatic rings. The van der Waals surface area contributed by atoms with Crippen molar-refractivity contribution in [1.82, 2.24) is 5.32 Å². The molecule has 0 aromatic heterocycles. The lowest BCUT2D eigenvalue weighted by Gasteiger charge is -2.19. The van der Waals surface area contributed by atoms with Crippen LogP contribution in [0.3, 0.4) is 0 Å². The molecule has 5 nitrogen and oxygen atoms in total. The lowest BCUT2D eigenvalue weighted by Crippen LogP contribution is -2.25. The smallest absolute Gasteiger partial charge is 0.119 e. The number of fused-ring (bicyclic) bond motifs is 1. The Bertz CT molecular complexity index is 971. The van der Waals surface area contributed by atoms with Crippen molar-refractivity contribution in [2.45, 2.75) is 13.0 Å². The van der Waals surface area contributed by atoms with Gasteiger partial charge in [-0.1, -0.05) is 42.5 Å². The lowest BCUT2D eigenvalue weighted by atomic mass is 10.0. The largest absolute Gasteiger partial charge is 0.497 e. The van der Waals surface area contributed by atoms with Gasteiger partial charge < -0.3 is 26.0 Å². The molecule has 0 amide bonds. The highest BCUT2D eigenvalue weighted by Crippen LogP contribution is 2.35. The van der Waals surface area contributed by atoms with Gasteiger partial charge in [-0.25, -0.2) is 0 Å². The first kappa shape index (κ1) is 20.3. The van der Waals surface area contributed by atoms with Crippen LogP contribution in [0.2, 0.25) is 0 Å². The zero-order chi connectivity index (χ0) is 20.8. The van der Waals surface area contributed by atoms with E-state index in [9.17, 15) is 0 Å². The van der Waals surface area contributed by atoms with Crippen molar-refractivity contribution in [2.24, 2.45) is 5.73 Å².